The average Bonchev–Trinajstić information content (AvgIpc) is 2.34. The van der Waals surface area contributed by atoms with E-state index in [-0.39, 0.29) is 11.8 Å². The molecule has 98 valence electrons. The second-order valence-electron chi connectivity index (χ2n) is 5.05. The Bertz CT molecular complexity index is 447. The zero-order valence-corrected chi connectivity index (χ0v) is 11.6. The molecule has 1 heterocycles. The van der Waals surface area contributed by atoms with Crippen LogP contribution in [0.3, 0.4) is 0 Å². The molecule has 0 unspecified atom stereocenters. The molecule has 0 saturated carbocycles. The van der Waals surface area contributed by atoms with Crippen molar-refractivity contribution in [2.45, 2.75) is 19.8 Å². The summed E-state index contributed by atoms with van der Waals surface area (Å²) in [4.78, 5) is 14.4. The van der Waals surface area contributed by atoms with Crippen molar-refractivity contribution in [1.82, 2.24) is 4.90 Å². The van der Waals surface area contributed by atoms with Gasteiger partial charge in [0, 0.05) is 17.3 Å². The van der Waals surface area contributed by atoms with Crippen LogP contribution in [0.4, 0.5) is 5.69 Å². The molecule has 1 aromatic rings. The lowest BCUT2D eigenvalue weighted by Crippen LogP contribution is -2.38. The SMILES string of the molecule is Cc1ccc(Cl)cc1NC(=O)[C@@H]1CCCN(C)C1. The van der Waals surface area contributed by atoms with E-state index in [4.69, 9.17) is 11.6 Å². The maximum absolute atomic E-state index is 12.2. The molecule has 4 heteroatoms. The number of likely N-dealkylation sites (tertiary alicyclic amines) is 1. The molecular weight excluding hydrogens is 248 g/mol. The summed E-state index contributed by atoms with van der Waals surface area (Å²) in [6, 6.07) is 5.56. The number of rotatable bonds is 2. The Morgan fingerprint density at radius 2 is 2.28 bits per heavy atom. The molecule has 1 saturated heterocycles. The maximum Gasteiger partial charge on any atom is 0.228 e. The van der Waals surface area contributed by atoms with Gasteiger partial charge in [0.2, 0.25) is 5.91 Å². The minimum Gasteiger partial charge on any atom is -0.326 e. The van der Waals surface area contributed by atoms with Crippen LogP contribution < -0.4 is 5.32 Å². The number of nitrogens with zero attached hydrogens (tertiary/aromatic N) is 1. The highest BCUT2D eigenvalue weighted by Gasteiger charge is 2.24. The lowest BCUT2D eigenvalue weighted by molar-refractivity contribution is -0.121. The minimum absolute atomic E-state index is 0.0853. The van der Waals surface area contributed by atoms with Gasteiger partial charge in [-0.05, 0) is 51.1 Å². The number of nitrogens with one attached hydrogen (secondary N) is 1. The Morgan fingerprint density at radius 3 is 3.00 bits per heavy atom. The van der Waals surface area contributed by atoms with Gasteiger partial charge in [-0.15, -0.1) is 0 Å². The van der Waals surface area contributed by atoms with Crippen molar-refractivity contribution in [1.29, 1.82) is 0 Å². The van der Waals surface area contributed by atoms with Crippen molar-refractivity contribution in [2.24, 2.45) is 5.92 Å². The van der Waals surface area contributed by atoms with E-state index in [0.717, 1.165) is 37.2 Å². The summed E-state index contributed by atoms with van der Waals surface area (Å²) in [6.45, 7) is 3.89. The van der Waals surface area contributed by atoms with E-state index in [9.17, 15) is 4.79 Å². The normalized spacial score (nSPS) is 20.7. The molecule has 3 nitrogen and oxygen atoms in total. The third kappa shape index (κ3) is 3.24. The van der Waals surface area contributed by atoms with E-state index in [1.54, 1.807) is 6.07 Å². The monoisotopic (exact) mass is 266 g/mol. The minimum atomic E-state index is 0.0853. The third-order valence-corrected chi connectivity index (χ3v) is 3.69. The second kappa shape index (κ2) is 5.72. The van der Waals surface area contributed by atoms with E-state index in [1.807, 2.05) is 19.1 Å². The van der Waals surface area contributed by atoms with Crippen LogP contribution in [-0.4, -0.2) is 30.9 Å². The van der Waals surface area contributed by atoms with Crippen molar-refractivity contribution in [3.63, 3.8) is 0 Å². The summed E-state index contributed by atoms with van der Waals surface area (Å²) in [6.07, 6.45) is 2.05. The number of hydrogen-bond donors (Lipinski definition) is 1. The number of carbonyl (C=O) groups is 1. The van der Waals surface area contributed by atoms with Crippen molar-refractivity contribution < 1.29 is 4.79 Å². The van der Waals surface area contributed by atoms with E-state index in [1.165, 1.54) is 0 Å². The molecule has 0 aliphatic carbocycles. The van der Waals surface area contributed by atoms with Crippen LogP contribution in [-0.2, 0) is 4.79 Å². The first kappa shape index (κ1) is 13.4. The van der Waals surface area contributed by atoms with Crippen molar-refractivity contribution in [3.05, 3.63) is 28.8 Å². The molecule has 1 aliphatic heterocycles. The summed E-state index contributed by atoms with van der Waals surface area (Å²) >= 11 is 5.95. The standard InChI is InChI=1S/C14H19ClN2O/c1-10-5-6-12(15)8-13(10)16-14(18)11-4-3-7-17(2)9-11/h5-6,8,11H,3-4,7,9H2,1-2H3,(H,16,18)/t11-/m1/s1. The Morgan fingerprint density at radius 1 is 1.50 bits per heavy atom. The predicted molar refractivity (Wildman–Crippen MR) is 75.0 cm³/mol. The molecule has 18 heavy (non-hydrogen) atoms. The number of hydrogen-bond acceptors (Lipinski definition) is 2. The van der Waals surface area contributed by atoms with Gasteiger partial charge >= 0.3 is 0 Å². The van der Waals surface area contributed by atoms with Gasteiger partial charge in [-0.2, -0.15) is 0 Å². The van der Waals surface area contributed by atoms with E-state index in [0.29, 0.717) is 5.02 Å². The maximum atomic E-state index is 12.2. The van der Waals surface area contributed by atoms with Gasteiger partial charge in [0.15, 0.2) is 0 Å². The average molecular weight is 267 g/mol. The Labute approximate surface area is 113 Å². The topological polar surface area (TPSA) is 32.3 Å². The molecule has 1 aromatic carbocycles. The third-order valence-electron chi connectivity index (χ3n) is 3.45. The quantitative estimate of drug-likeness (QED) is 0.893. The molecule has 1 atom stereocenters. The van der Waals surface area contributed by atoms with Crippen molar-refractivity contribution in [3.8, 4) is 0 Å². The van der Waals surface area contributed by atoms with Crippen LogP contribution in [0.2, 0.25) is 5.02 Å². The van der Waals surface area contributed by atoms with Crippen LogP contribution >= 0.6 is 11.6 Å². The number of anilines is 1. The smallest absolute Gasteiger partial charge is 0.228 e. The van der Waals surface area contributed by atoms with Gasteiger partial charge in [-0.25, -0.2) is 0 Å². The van der Waals surface area contributed by atoms with E-state index >= 15 is 0 Å². The molecular formula is C14H19ClN2O. The first-order valence-electron chi connectivity index (χ1n) is 6.32. The lowest BCUT2D eigenvalue weighted by Gasteiger charge is -2.28. The number of piperidine rings is 1. The summed E-state index contributed by atoms with van der Waals surface area (Å²) in [5.41, 5.74) is 1.86. The first-order valence-corrected chi connectivity index (χ1v) is 6.69. The van der Waals surface area contributed by atoms with Crippen LogP contribution in [0.1, 0.15) is 18.4 Å². The zero-order valence-electron chi connectivity index (χ0n) is 10.9. The predicted octanol–water partition coefficient (Wildman–Crippen LogP) is 2.93. The fraction of sp³-hybridized carbons (Fsp3) is 0.500. The van der Waals surface area contributed by atoms with Gasteiger partial charge in [0.05, 0.1) is 5.92 Å². The van der Waals surface area contributed by atoms with Crippen LogP contribution in [0.5, 0.6) is 0 Å². The van der Waals surface area contributed by atoms with Gasteiger partial charge in [0.1, 0.15) is 0 Å². The van der Waals surface area contributed by atoms with Crippen LogP contribution in [0.15, 0.2) is 18.2 Å². The van der Waals surface area contributed by atoms with Crippen molar-refractivity contribution >= 4 is 23.2 Å². The molecule has 1 fully saturated rings. The highest BCUT2D eigenvalue weighted by molar-refractivity contribution is 6.31. The second-order valence-corrected chi connectivity index (χ2v) is 5.49. The van der Waals surface area contributed by atoms with Gasteiger partial charge in [-0.3, -0.25) is 4.79 Å². The summed E-state index contributed by atoms with van der Waals surface area (Å²) in [5.74, 6) is 0.189. The zero-order chi connectivity index (χ0) is 13.1. The molecule has 0 bridgehead atoms. The van der Waals surface area contributed by atoms with E-state index < -0.39 is 0 Å². The summed E-state index contributed by atoms with van der Waals surface area (Å²) < 4.78 is 0. The molecule has 1 aliphatic rings. The largest absolute Gasteiger partial charge is 0.326 e. The Balaban J connectivity index is 2.04. The van der Waals surface area contributed by atoms with E-state index in [2.05, 4.69) is 17.3 Å². The van der Waals surface area contributed by atoms with Crippen molar-refractivity contribution in [2.75, 3.05) is 25.5 Å². The van der Waals surface area contributed by atoms with Crippen LogP contribution in [0, 0.1) is 12.8 Å². The van der Waals surface area contributed by atoms with Crippen LogP contribution in [0.25, 0.3) is 0 Å². The molecule has 0 spiro atoms. The lowest BCUT2D eigenvalue weighted by atomic mass is 9.97. The molecule has 2 rings (SSSR count). The number of amides is 1. The fourth-order valence-electron chi connectivity index (χ4n) is 2.34. The van der Waals surface area contributed by atoms with Gasteiger partial charge < -0.3 is 10.2 Å². The molecule has 1 N–H and O–H groups in total. The highest BCUT2D eigenvalue weighted by atomic mass is 35.5. The Hall–Kier alpha value is -1.06. The summed E-state index contributed by atoms with van der Waals surface area (Å²) in [7, 11) is 2.06. The summed E-state index contributed by atoms with van der Waals surface area (Å²) in [5, 5.41) is 3.64. The Kier molecular flexibility index (Phi) is 4.25. The first-order chi connectivity index (χ1) is 8.56. The highest BCUT2D eigenvalue weighted by Crippen LogP contribution is 2.22. The van der Waals surface area contributed by atoms with Gasteiger partial charge in [0.25, 0.3) is 0 Å². The number of carbonyl (C=O) groups excluding carboxylic acids is 1. The molecule has 0 radical (unpaired) electrons. The molecule has 0 aromatic heterocycles. The number of halogens is 1. The molecule has 1 amide bonds. The fourth-order valence-corrected chi connectivity index (χ4v) is 2.52. The van der Waals surface area contributed by atoms with Gasteiger partial charge in [-0.1, -0.05) is 17.7 Å². The number of benzene rings is 1. The number of aryl methyl sites for hydroxylation is 1.